The van der Waals surface area contributed by atoms with E-state index in [4.69, 9.17) is 4.74 Å². The lowest BCUT2D eigenvalue weighted by atomic mass is 10.4. The molecule has 1 aromatic heterocycles. The number of aryl methyl sites for hydroxylation is 1. The Kier molecular flexibility index (Phi) is 3.33. The van der Waals surface area contributed by atoms with Crippen molar-refractivity contribution in [3.05, 3.63) is 36.0 Å². The van der Waals surface area contributed by atoms with Gasteiger partial charge in [-0.1, -0.05) is 29.2 Å². The molecular weight excluding hydrogens is 254 g/mol. The van der Waals surface area contributed by atoms with Crippen LogP contribution in [0.15, 0.2) is 35.2 Å². The van der Waals surface area contributed by atoms with Crippen LogP contribution in [0.3, 0.4) is 0 Å². The predicted octanol–water partition coefficient (Wildman–Crippen LogP) is 1.09. The number of aromatic nitrogens is 3. The Morgan fingerprint density at radius 1 is 1.28 bits per heavy atom. The van der Waals surface area contributed by atoms with E-state index in [1.807, 2.05) is 6.92 Å². The summed E-state index contributed by atoms with van der Waals surface area (Å²) in [5, 5.41) is 7.47. The molecule has 96 valence electrons. The van der Waals surface area contributed by atoms with E-state index in [0.717, 1.165) is 4.09 Å². The minimum Gasteiger partial charge on any atom is -0.479 e. The quantitative estimate of drug-likeness (QED) is 0.829. The minimum atomic E-state index is -3.75. The number of nitrogens with zero attached hydrogens (tertiary/aromatic N) is 3. The summed E-state index contributed by atoms with van der Waals surface area (Å²) in [5.41, 5.74) is 0.511. The largest absolute Gasteiger partial charge is 0.479 e. The van der Waals surface area contributed by atoms with Crippen LogP contribution in [-0.2, 0) is 16.4 Å². The SMILES string of the molecule is CCc1nnn(S(=O)(=O)c2ccccc2)c1OC. The lowest BCUT2D eigenvalue weighted by molar-refractivity contribution is 0.383. The molecule has 0 radical (unpaired) electrons. The second kappa shape index (κ2) is 4.77. The Balaban J connectivity index is 2.59. The van der Waals surface area contributed by atoms with Gasteiger partial charge in [0, 0.05) is 0 Å². The first kappa shape index (κ1) is 12.6. The van der Waals surface area contributed by atoms with Crippen LogP contribution < -0.4 is 4.74 Å². The van der Waals surface area contributed by atoms with Crippen molar-refractivity contribution in [2.75, 3.05) is 7.11 Å². The molecule has 0 N–H and O–H groups in total. The molecule has 1 heterocycles. The van der Waals surface area contributed by atoms with Crippen LogP contribution in [0.1, 0.15) is 12.6 Å². The number of benzene rings is 1. The van der Waals surface area contributed by atoms with Crippen LogP contribution in [0.4, 0.5) is 0 Å². The van der Waals surface area contributed by atoms with E-state index in [0.29, 0.717) is 12.1 Å². The molecule has 6 nitrogen and oxygen atoms in total. The molecule has 2 rings (SSSR count). The molecule has 0 unspecified atom stereocenters. The minimum absolute atomic E-state index is 0.149. The molecule has 1 aromatic carbocycles. The summed E-state index contributed by atoms with van der Waals surface area (Å²) in [5.74, 6) is 0.154. The van der Waals surface area contributed by atoms with E-state index in [2.05, 4.69) is 10.3 Å². The van der Waals surface area contributed by atoms with Crippen molar-refractivity contribution in [2.45, 2.75) is 18.2 Å². The Labute approximate surface area is 105 Å². The molecule has 0 aliphatic heterocycles. The van der Waals surface area contributed by atoms with Gasteiger partial charge in [0.05, 0.1) is 12.0 Å². The second-order valence-corrected chi connectivity index (χ2v) is 5.33. The zero-order valence-electron chi connectivity index (χ0n) is 10.1. The maximum atomic E-state index is 12.3. The molecule has 0 saturated heterocycles. The molecule has 7 heteroatoms. The van der Waals surface area contributed by atoms with Crippen molar-refractivity contribution in [2.24, 2.45) is 0 Å². The highest BCUT2D eigenvalue weighted by molar-refractivity contribution is 7.90. The van der Waals surface area contributed by atoms with Gasteiger partial charge in [0.1, 0.15) is 5.69 Å². The van der Waals surface area contributed by atoms with Gasteiger partial charge in [-0.3, -0.25) is 0 Å². The molecule has 0 saturated carbocycles. The summed E-state index contributed by atoms with van der Waals surface area (Å²) in [6, 6.07) is 8.05. The second-order valence-electron chi connectivity index (χ2n) is 3.56. The number of hydrogen-bond acceptors (Lipinski definition) is 5. The van der Waals surface area contributed by atoms with Crippen LogP contribution in [0, 0.1) is 0 Å². The van der Waals surface area contributed by atoms with Crippen LogP contribution >= 0.6 is 0 Å². The molecule has 0 amide bonds. The van der Waals surface area contributed by atoms with Crippen molar-refractivity contribution >= 4 is 10.0 Å². The standard InChI is InChI=1S/C11H13N3O3S/c1-3-10-11(17-2)14(13-12-10)18(15,16)9-7-5-4-6-8-9/h4-8H,3H2,1-2H3. The number of rotatable bonds is 4. The fourth-order valence-electron chi connectivity index (χ4n) is 1.56. The number of methoxy groups -OCH3 is 1. The first-order valence-electron chi connectivity index (χ1n) is 5.40. The van der Waals surface area contributed by atoms with E-state index >= 15 is 0 Å². The average Bonchev–Trinajstić information content (AvgIpc) is 2.83. The van der Waals surface area contributed by atoms with Gasteiger partial charge >= 0.3 is 0 Å². The zero-order valence-corrected chi connectivity index (χ0v) is 10.9. The number of ether oxygens (including phenoxy) is 1. The van der Waals surface area contributed by atoms with Crippen LogP contribution in [0.25, 0.3) is 0 Å². The van der Waals surface area contributed by atoms with Gasteiger partial charge < -0.3 is 4.74 Å². The molecule has 18 heavy (non-hydrogen) atoms. The van der Waals surface area contributed by atoms with Crippen molar-refractivity contribution in [1.82, 2.24) is 14.4 Å². The molecule has 0 aliphatic carbocycles. The van der Waals surface area contributed by atoms with Gasteiger partial charge in [0.2, 0.25) is 0 Å². The van der Waals surface area contributed by atoms with Gasteiger partial charge in [-0.05, 0) is 23.8 Å². The Hall–Kier alpha value is -1.89. The first-order valence-corrected chi connectivity index (χ1v) is 6.84. The topological polar surface area (TPSA) is 74.1 Å². The van der Waals surface area contributed by atoms with Gasteiger partial charge in [0.15, 0.2) is 0 Å². The Morgan fingerprint density at radius 2 is 1.94 bits per heavy atom. The van der Waals surface area contributed by atoms with Gasteiger partial charge in [-0.15, -0.1) is 5.10 Å². The predicted molar refractivity (Wildman–Crippen MR) is 65.0 cm³/mol. The molecule has 0 bridgehead atoms. The van der Waals surface area contributed by atoms with Gasteiger partial charge in [-0.2, -0.15) is 8.42 Å². The summed E-state index contributed by atoms with van der Waals surface area (Å²) in [6.45, 7) is 1.85. The summed E-state index contributed by atoms with van der Waals surface area (Å²) in [6.07, 6.45) is 0.549. The fourth-order valence-corrected chi connectivity index (χ4v) is 2.79. The van der Waals surface area contributed by atoms with E-state index in [-0.39, 0.29) is 10.8 Å². The van der Waals surface area contributed by atoms with Crippen LogP contribution in [0.2, 0.25) is 0 Å². The third kappa shape index (κ3) is 1.97. The maximum absolute atomic E-state index is 12.3. The third-order valence-corrected chi connectivity index (χ3v) is 4.03. The maximum Gasteiger partial charge on any atom is 0.287 e. The third-order valence-electron chi connectivity index (χ3n) is 2.46. The summed E-state index contributed by atoms with van der Waals surface area (Å²) < 4.78 is 30.5. The van der Waals surface area contributed by atoms with Crippen molar-refractivity contribution < 1.29 is 13.2 Å². The summed E-state index contributed by atoms with van der Waals surface area (Å²) in [7, 11) is -2.36. The van der Waals surface area contributed by atoms with Crippen LogP contribution in [0.5, 0.6) is 5.88 Å². The van der Waals surface area contributed by atoms with Crippen molar-refractivity contribution in [1.29, 1.82) is 0 Å². The van der Waals surface area contributed by atoms with Crippen molar-refractivity contribution in [3.8, 4) is 5.88 Å². The van der Waals surface area contributed by atoms with Gasteiger partial charge in [-0.25, -0.2) is 0 Å². The smallest absolute Gasteiger partial charge is 0.287 e. The van der Waals surface area contributed by atoms with E-state index in [1.165, 1.54) is 19.2 Å². The molecule has 0 aliphatic rings. The molecular formula is C11H13N3O3S. The highest BCUT2D eigenvalue weighted by Crippen LogP contribution is 2.21. The molecule has 0 atom stereocenters. The van der Waals surface area contributed by atoms with Gasteiger partial charge in [0.25, 0.3) is 15.9 Å². The highest BCUT2D eigenvalue weighted by Gasteiger charge is 2.24. The van der Waals surface area contributed by atoms with Crippen molar-refractivity contribution in [3.63, 3.8) is 0 Å². The van der Waals surface area contributed by atoms with E-state index in [9.17, 15) is 8.42 Å². The molecule has 0 spiro atoms. The monoisotopic (exact) mass is 267 g/mol. The molecule has 0 fully saturated rings. The lowest BCUT2D eigenvalue weighted by Gasteiger charge is -2.06. The number of hydrogen-bond donors (Lipinski definition) is 0. The zero-order chi connectivity index (χ0) is 13.2. The fraction of sp³-hybridized carbons (Fsp3) is 0.273. The summed E-state index contributed by atoms with van der Waals surface area (Å²) in [4.78, 5) is 0.149. The Morgan fingerprint density at radius 3 is 2.50 bits per heavy atom. The average molecular weight is 267 g/mol. The molecule has 2 aromatic rings. The van der Waals surface area contributed by atoms with E-state index < -0.39 is 10.0 Å². The Bertz CT molecular complexity index is 635. The summed E-state index contributed by atoms with van der Waals surface area (Å²) >= 11 is 0. The van der Waals surface area contributed by atoms with E-state index in [1.54, 1.807) is 18.2 Å². The first-order chi connectivity index (χ1) is 8.61. The van der Waals surface area contributed by atoms with Crippen LogP contribution in [-0.4, -0.2) is 29.9 Å². The lowest BCUT2D eigenvalue weighted by Crippen LogP contribution is -2.16. The highest BCUT2D eigenvalue weighted by atomic mass is 32.2. The normalized spacial score (nSPS) is 11.4.